The van der Waals surface area contributed by atoms with Gasteiger partial charge in [0.25, 0.3) is 5.69 Å². The number of piperidine rings is 1. The van der Waals surface area contributed by atoms with E-state index in [-0.39, 0.29) is 17.6 Å². The number of benzene rings is 1. The maximum absolute atomic E-state index is 12.8. The predicted octanol–water partition coefficient (Wildman–Crippen LogP) is 2.06. The Labute approximate surface area is 141 Å². The minimum absolute atomic E-state index is 0.0156. The molecule has 24 heavy (non-hydrogen) atoms. The van der Waals surface area contributed by atoms with E-state index in [0.717, 1.165) is 39.0 Å². The van der Waals surface area contributed by atoms with E-state index >= 15 is 0 Å². The van der Waals surface area contributed by atoms with Crippen molar-refractivity contribution in [3.63, 3.8) is 0 Å². The van der Waals surface area contributed by atoms with Crippen LogP contribution >= 0.6 is 0 Å². The van der Waals surface area contributed by atoms with Crippen LogP contribution in [0.4, 0.5) is 11.4 Å². The van der Waals surface area contributed by atoms with Gasteiger partial charge in [-0.1, -0.05) is 6.07 Å². The van der Waals surface area contributed by atoms with E-state index in [1.165, 1.54) is 12.1 Å². The Kier molecular flexibility index (Phi) is 5.11. The van der Waals surface area contributed by atoms with Gasteiger partial charge in [-0.15, -0.1) is 0 Å². The number of carbonyl (C=O) groups is 1. The van der Waals surface area contributed by atoms with Crippen molar-refractivity contribution in [2.45, 2.75) is 25.3 Å². The van der Waals surface area contributed by atoms with Crippen molar-refractivity contribution in [1.82, 2.24) is 4.90 Å². The number of nitro benzene ring substituents is 1. The summed E-state index contributed by atoms with van der Waals surface area (Å²) in [6.07, 6.45) is 2.98. The molecular formula is C17H23N3O4. The first-order chi connectivity index (χ1) is 11.6. The highest BCUT2D eigenvalue weighted by Gasteiger charge is 2.38. The van der Waals surface area contributed by atoms with E-state index in [0.29, 0.717) is 18.2 Å². The number of nitrogens with zero attached hydrogens (tertiary/aromatic N) is 3. The molecular weight excluding hydrogens is 310 g/mol. The standard InChI is InChI=1S/C17H23N3O4/c1-24-12-13-4-3-8-18(11-13)16-7-9-19(17(16)21)14-5-2-6-15(10-14)20(22)23/h2,5-6,10,13,16H,3-4,7-9,11-12H2,1H3. The Bertz CT molecular complexity index is 620. The number of rotatable bonds is 5. The lowest BCUT2D eigenvalue weighted by Crippen LogP contribution is -2.47. The van der Waals surface area contributed by atoms with Gasteiger partial charge in [-0.05, 0) is 37.8 Å². The summed E-state index contributed by atoms with van der Waals surface area (Å²) in [7, 11) is 1.71. The second kappa shape index (κ2) is 7.27. The summed E-state index contributed by atoms with van der Waals surface area (Å²) in [6, 6.07) is 6.19. The number of methoxy groups -OCH3 is 1. The molecule has 7 nitrogen and oxygen atoms in total. The summed E-state index contributed by atoms with van der Waals surface area (Å²) >= 11 is 0. The molecule has 7 heteroatoms. The Morgan fingerprint density at radius 3 is 2.92 bits per heavy atom. The molecule has 0 radical (unpaired) electrons. The summed E-state index contributed by atoms with van der Waals surface area (Å²) in [6.45, 7) is 3.15. The molecule has 3 rings (SSSR count). The minimum Gasteiger partial charge on any atom is -0.384 e. The van der Waals surface area contributed by atoms with Crippen LogP contribution in [0.15, 0.2) is 24.3 Å². The lowest BCUT2D eigenvalue weighted by molar-refractivity contribution is -0.384. The second-order valence-corrected chi connectivity index (χ2v) is 6.53. The Balaban J connectivity index is 1.71. The van der Waals surface area contributed by atoms with Crippen LogP contribution in [0.2, 0.25) is 0 Å². The van der Waals surface area contributed by atoms with Crippen molar-refractivity contribution in [2.24, 2.45) is 5.92 Å². The van der Waals surface area contributed by atoms with Crippen LogP contribution in [0.3, 0.4) is 0 Å². The molecule has 0 saturated carbocycles. The Morgan fingerprint density at radius 2 is 2.17 bits per heavy atom. The average molecular weight is 333 g/mol. The van der Waals surface area contributed by atoms with Gasteiger partial charge in [0.2, 0.25) is 5.91 Å². The Morgan fingerprint density at radius 1 is 1.33 bits per heavy atom. The van der Waals surface area contributed by atoms with Gasteiger partial charge < -0.3 is 9.64 Å². The summed E-state index contributed by atoms with van der Waals surface area (Å²) in [5.74, 6) is 0.525. The van der Waals surface area contributed by atoms with Crippen molar-refractivity contribution in [3.05, 3.63) is 34.4 Å². The number of amides is 1. The lowest BCUT2D eigenvalue weighted by Gasteiger charge is -2.35. The zero-order valence-corrected chi connectivity index (χ0v) is 13.9. The van der Waals surface area contributed by atoms with Crippen molar-refractivity contribution >= 4 is 17.3 Å². The topological polar surface area (TPSA) is 75.9 Å². The molecule has 2 aliphatic heterocycles. The summed E-state index contributed by atoms with van der Waals surface area (Å²) < 4.78 is 5.26. The maximum Gasteiger partial charge on any atom is 0.271 e. The van der Waals surface area contributed by atoms with Crippen LogP contribution in [0, 0.1) is 16.0 Å². The van der Waals surface area contributed by atoms with Crippen molar-refractivity contribution in [2.75, 3.05) is 38.3 Å². The number of hydrogen-bond donors (Lipinski definition) is 0. The van der Waals surface area contributed by atoms with E-state index in [2.05, 4.69) is 4.90 Å². The molecule has 2 aliphatic rings. The number of non-ortho nitro benzene ring substituents is 1. The van der Waals surface area contributed by atoms with Gasteiger partial charge in [0.15, 0.2) is 0 Å². The van der Waals surface area contributed by atoms with Crippen molar-refractivity contribution in [1.29, 1.82) is 0 Å². The summed E-state index contributed by atoms with van der Waals surface area (Å²) in [5, 5.41) is 10.9. The lowest BCUT2D eigenvalue weighted by atomic mass is 9.97. The molecule has 130 valence electrons. The molecule has 0 bridgehead atoms. The molecule has 2 heterocycles. The number of nitro groups is 1. The van der Waals surface area contributed by atoms with Gasteiger partial charge >= 0.3 is 0 Å². The van der Waals surface area contributed by atoms with Crippen LogP contribution in [-0.2, 0) is 9.53 Å². The van der Waals surface area contributed by atoms with Gasteiger partial charge in [0.05, 0.1) is 23.3 Å². The van der Waals surface area contributed by atoms with Gasteiger partial charge in [0, 0.05) is 32.3 Å². The highest BCUT2D eigenvalue weighted by Crippen LogP contribution is 2.29. The molecule has 2 unspecified atom stereocenters. The first-order valence-electron chi connectivity index (χ1n) is 8.39. The van der Waals surface area contributed by atoms with Gasteiger partial charge in [-0.25, -0.2) is 0 Å². The fourth-order valence-corrected chi connectivity index (χ4v) is 3.79. The largest absolute Gasteiger partial charge is 0.384 e. The van der Waals surface area contributed by atoms with Crippen molar-refractivity contribution < 1.29 is 14.5 Å². The molecule has 2 fully saturated rings. The van der Waals surface area contributed by atoms with Crippen LogP contribution in [0.5, 0.6) is 0 Å². The highest BCUT2D eigenvalue weighted by molar-refractivity contribution is 5.99. The number of carbonyl (C=O) groups excluding carboxylic acids is 1. The van der Waals surface area contributed by atoms with Crippen LogP contribution in [0.1, 0.15) is 19.3 Å². The molecule has 2 saturated heterocycles. The summed E-state index contributed by atoms with van der Waals surface area (Å²) in [4.78, 5) is 27.3. The van der Waals surface area contributed by atoms with Gasteiger partial charge in [-0.3, -0.25) is 19.8 Å². The Hall–Kier alpha value is -1.99. The van der Waals surface area contributed by atoms with Gasteiger partial charge in [-0.2, -0.15) is 0 Å². The number of ether oxygens (including phenoxy) is 1. The molecule has 1 aromatic carbocycles. The van der Waals surface area contributed by atoms with Crippen LogP contribution < -0.4 is 4.90 Å². The van der Waals surface area contributed by atoms with E-state index in [1.807, 2.05) is 0 Å². The molecule has 0 aromatic heterocycles. The number of likely N-dealkylation sites (tertiary alicyclic amines) is 1. The van der Waals surface area contributed by atoms with E-state index in [1.54, 1.807) is 24.1 Å². The first-order valence-corrected chi connectivity index (χ1v) is 8.39. The fourth-order valence-electron chi connectivity index (χ4n) is 3.79. The third kappa shape index (κ3) is 3.42. The quantitative estimate of drug-likeness (QED) is 0.609. The average Bonchev–Trinajstić information content (AvgIpc) is 2.97. The second-order valence-electron chi connectivity index (χ2n) is 6.53. The maximum atomic E-state index is 12.8. The van der Waals surface area contributed by atoms with E-state index in [9.17, 15) is 14.9 Å². The smallest absolute Gasteiger partial charge is 0.271 e. The monoisotopic (exact) mass is 333 g/mol. The fraction of sp³-hybridized carbons (Fsp3) is 0.588. The highest BCUT2D eigenvalue weighted by atomic mass is 16.6. The van der Waals surface area contributed by atoms with E-state index in [4.69, 9.17) is 4.74 Å². The van der Waals surface area contributed by atoms with Gasteiger partial charge in [0.1, 0.15) is 0 Å². The normalized spacial score (nSPS) is 25.2. The molecule has 1 aromatic rings. The zero-order valence-electron chi connectivity index (χ0n) is 13.9. The third-order valence-electron chi connectivity index (χ3n) is 4.92. The number of hydrogen-bond acceptors (Lipinski definition) is 5. The van der Waals surface area contributed by atoms with E-state index < -0.39 is 4.92 Å². The summed E-state index contributed by atoms with van der Waals surface area (Å²) in [5.41, 5.74) is 0.629. The molecule has 1 amide bonds. The third-order valence-corrected chi connectivity index (χ3v) is 4.92. The molecule has 0 N–H and O–H groups in total. The predicted molar refractivity (Wildman–Crippen MR) is 90.0 cm³/mol. The first kappa shape index (κ1) is 16.9. The van der Waals surface area contributed by atoms with Crippen LogP contribution in [-0.4, -0.2) is 55.1 Å². The molecule has 0 spiro atoms. The molecule has 2 atom stereocenters. The molecule has 0 aliphatic carbocycles. The number of anilines is 1. The van der Waals surface area contributed by atoms with Crippen molar-refractivity contribution in [3.8, 4) is 0 Å². The van der Waals surface area contributed by atoms with Crippen LogP contribution in [0.25, 0.3) is 0 Å². The zero-order chi connectivity index (χ0) is 17.1. The SMILES string of the molecule is COCC1CCCN(C2CCN(c3cccc([N+](=O)[O-])c3)C2=O)C1. The minimum atomic E-state index is -0.429.